The second-order valence-electron chi connectivity index (χ2n) is 8.32. The van der Waals surface area contributed by atoms with Crippen molar-refractivity contribution in [3.05, 3.63) is 59.2 Å². The molecule has 3 heteroatoms. The zero-order valence-corrected chi connectivity index (χ0v) is 16.9. The van der Waals surface area contributed by atoms with E-state index in [1.165, 1.54) is 49.9 Å². The molecule has 1 heterocycles. The van der Waals surface area contributed by atoms with Crippen molar-refractivity contribution in [1.82, 2.24) is 0 Å². The first-order valence-electron chi connectivity index (χ1n) is 10.3. The molecule has 3 nitrogen and oxygen atoms in total. The van der Waals surface area contributed by atoms with Crippen LogP contribution in [-0.4, -0.2) is 27.3 Å². The average molecular weight is 367 g/mol. The second kappa shape index (κ2) is 7.55. The smallest absolute Gasteiger partial charge is 0.161 e. The summed E-state index contributed by atoms with van der Waals surface area (Å²) in [6, 6.07) is 16.1. The van der Waals surface area contributed by atoms with E-state index in [0.717, 1.165) is 17.9 Å². The van der Waals surface area contributed by atoms with E-state index in [9.17, 15) is 0 Å². The Kier molecular flexibility index (Phi) is 5.14. The highest BCUT2D eigenvalue weighted by Gasteiger charge is 2.42. The van der Waals surface area contributed by atoms with Gasteiger partial charge in [-0.05, 0) is 43.0 Å². The molecule has 1 saturated carbocycles. The van der Waals surface area contributed by atoms with Crippen LogP contribution in [0.5, 0.6) is 11.5 Å². The number of methoxy groups -OCH3 is 2. The minimum absolute atomic E-state index is 0.346. The van der Waals surface area contributed by atoms with Crippen molar-refractivity contribution >= 4 is 0 Å². The van der Waals surface area contributed by atoms with E-state index < -0.39 is 0 Å². The Labute approximate surface area is 163 Å². The summed E-state index contributed by atoms with van der Waals surface area (Å²) in [5, 5.41) is 0. The maximum atomic E-state index is 5.57. The highest BCUT2D eigenvalue weighted by Crippen LogP contribution is 2.41. The molecule has 2 aliphatic rings. The van der Waals surface area contributed by atoms with Crippen LogP contribution in [0.1, 0.15) is 55.3 Å². The number of nitrogens with one attached hydrogen (secondary N) is 1. The summed E-state index contributed by atoms with van der Waals surface area (Å²) in [6.07, 6.45) is 6.48. The van der Waals surface area contributed by atoms with Gasteiger partial charge in [-0.15, -0.1) is 0 Å². The Balaban J connectivity index is 1.62. The first-order chi connectivity index (χ1) is 13.2. The lowest BCUT2D eigenvalue weighted by atomic mass is 9.77. The fourth-order valence-electron chi connectivity index (χ4n) is 5.38. The number of benzene rings is 2. The normalized spacial score (nSPS) is 23.7. The lowest BCUT2D eigenvalue weighted by Gasteiger charge is -2.39. The number of fused-ring (bicyclic) bond motifs is 1. The summed E-state index contributed by atoms with van der Waals surface area (Å²) in [5.41, 5.74) is 4.73. The van der Waals surface area contributed by atoms with Crippen LogP contribution >= 0.6 is 0 Å². The van der Waals surface area contributed by atoms with Gasteiger partial charge in [-0.2, -0.15) is 0 Å². The number of rotatable bonds is 5. The summed E-state index contributed by atoms with van der Waals surface area (Å²) >= 11 is 0. The van der Waals surface area contributed by atoms with E-state index in [0.29, 0.717) is 11.5 Å². The molecule has 1 unspecified atom stereocenters. The van der Waals surface area contributed by atoms with Gasteiger partial charge in [-0.25, -0.2) is 0 Å². The third-order valence-electron chi connectivity index (χ3n) is 6.95. The van der Waals surface area contributed by atoms with Crippen molar-refractivity contribution in [1.29, 1.82) is 0 Å². The van der Waals surface area contributed by atoms with Crippen molar-refractivity contribution in [2.45, 2.75) is 50.5 Å². The van der Waals surface area contributed by atoms with E-state index in [-0.39, 0.29) is 0 Å². The molecule has 1 N–H and O–H groups in total. The van der Waals surface area contributed by atoms with Crippen molar-refractivity contribution < 1.29 is 14.4 Å². The Morgan fingerprint density at radius 1 is 1.00 bits per heavy atom. The molecular formula is C24H32NO2+. The molecule has 0 saturated heterocycles. The van der Waals surface area contributed by atoms with Gasteiger partial charge in [0.15, 0.2) is 11.5 Å². The van der Waals surface area contributed by atoms with Crippen LogP contribution in [0.2, 0.25) is 0 Å². The van der Waals surface area contributed by atoms with E-state index in [2.05, 4.69) is 49.4 Å². The molecule has 27 heavy (non-hydrogen) atoms. The zero-order chi connectivity index (χ0) is 18.9. The molecule has 0 bridgehead atoms. The Bertz CT molecular complexity index is 780. The molecule has 4 rings (SSSR count). The number of hydrogen-bond donors (Lipinski definition) is 1. The number of quaternary nitrogens is 1. The van der Waals surface area contributed by atoms with Crippen molar-refractivity contribution in [2.75, 3.05) is 27.3 Å². The van der Waals surface area contributed by atoms with Crippen molar-refractivity contribution in [3.63, 3.8) is 0 Å². The molecular weight excluding hydrogens is 334 g/mol. The van der Waals surface area contributed by atoms with E-state index >= 15 is 0 Å². The SMILES string of the molecule is COc1cc2c(cc1OC)[C@H](C)[NH+](CC1(c3ccccc3)CCCC1)CC2. The van der Waals surface area contributed by atoms with Crippen LogP contribution in [0.25, 0.3) is 0 Å². The predicted octanol–water partition coefficient (Wildman–Crippen LogP) is 3.72. The van der Waals surface area contributed by atoms with Crippen molar-refractivity contribution in [2.24, 2.45) is 0 Å². The molecule has 2 aromatic carbocycles. The van der Waals surface area contributed by atoms with Gasteiger partial charge in [-0.3, -0.25) is 0 Å². The van der Waals surface area contributed by atoms with Gasteiger partial charge in [0.25, 0.3) is 0 Å². The molecule has 0 amide bonds. The van der Waals surface area contributed by atoms with Gasteiger partial charge in [0.1, 0.15) is 6.04 Å². The summed E-state index contributed by atoms with van der Waals surface area (Å²) in [4.78, 5) is 1.71. The fraction of sp³-hybridized carbons (Fsp3) is 0.500. The summed E-state index contributed by atoms with van der Waals surface area (Å²) < 4.78 is 11.1. The van der Waals surface area contributed by atoms with Gasteiger partial charge in [0, 0.05) is 17.4 Å². The maximum absolute atomic E-state index is 5.57. The third-order valence-corrected chi connectivity index (χ3v) is 6.95. The monoisotopic (exact) mass is 366 g/mol. The minimum Gasteiger partial charge on any atom is -0.493 e. The number of hydrogen-bond acceptors (Lipinski definition) is 2. The van der Waals surface area contributed by atoms with Crippen LogP contribution in [-0.2, 0) is 11.8 Å². The molecule has 0 spiro atoms. The van der Waals surface area contributed by atoms with E-state index in [1.54, 1.807) is 24.7 Å². The quantitative estimate of drug-likeness (QED) is 0.872. The summed E-state index contributed by atoms with van der Waals surface area (Å²) in [7, 11) is 3.45. The Hall–Kier alpha value is -2.00. The van der Waals surface area contributed by atoms with Crippen LogP contribution in [0.3, 0.4) is 0 Å². The highest BCUT2D eigenvalue weighted by atomic mass is 16.5. The minimum atomic E-state index is 0.346. The van der Waals surface area contributed by atoms with E-state index in [4.69, 9.17) is 9.47 Å². The lowest BCUT2D eigenvalue weighted by molar-refractivity contribution is -0.936. The molecule has 2 aromatic rings. The standard InChI is InChI=1S/C24H31NO2/c1-18-21-16-23(27-3)22(26-2)15-19(21)11-14-25(18)17-24(12-7-8-13-24)20-9-5-4-6-10-20/h4-6,9-10,15-16,18H,7-8,11-14,17H2,1-3H3/p+1/t18-/m0/s1. The molecule has 1 aliphatic carbocycles. The molecule has 0 aromatic heterocycles. The first-order valence-corrected chi connectivity index (χ1v) is 10.3. The molecule has 1 fully saturated rings. The lowest BCUT2D eigenvalue weighted by Crippen LogP contribution is -3.14. The fourth-order valence-corrected chi connectivity index (χ4v) is 5.38. The average Bonchev–Trinajstić information content (AvgIpc) is 3.20. The second-order valence-corrected chi connectivity index (χ2v) is 8.32. The summed E-state index contributed by atoms with van der Waals surface area (Å²) in [5.74, 6) is 1.70. The Morgan fingerprint density at radius 2 is 1.67 bits per heavy atom. The van der Waals surface area contributed by atoms with Gasteiger partial charge in [-0.1, -0.05) is 43.2 Å². The summed E-state index contributed by atoms with van der Waals surface area (Å²) in [6.45, 7) is 4.80. The topological polar surface area (TPSA) is 22.9 Å². The van der Waals surface area contributed by atoms with Crippen LogP contribution in [0.15, 0.2) is 42.5 Å². The molecule has 144 valence electrons. The van der Waals surface area contributed by atoms with Gasteiger partial charge >= 0.3 is 0 Å². The van der Waals surface area contributed by atoms with Crippen molar-refractivity contribution in [3.8, 4) is 11.5 Å². The number of ether oxygens (including phenoxy) is 2. The van der Waals surface area contributed by atoms with Crippen LogP contribution < -0.4 is 14.4 Å². The largest absolute Gasteiger partial charge is 0.493 e. The Morgan fingerprint density at radius 3 is 2.33 bits per heavy atom. The molecule has 1 aliphatic heterocycles. The zero-order valence-electron chi connectivity index (χ0n) is 16.9. The predicted molar refractivity (Wildman–Crippen MR) is 109 cm³/mol. The highest BCUT2D eigenvalue weighted by molar-refractivity contribution is 5.48. The first kappa shape index (κ1) is 18.4. The van der Waals surface area contributed by atoms with Crippen LogP contribution in [0, 0.1) is 0 Å². The van der Waals surface area contributed by atoms with Gasteiger partial charge in [0.2, 0.25) is 0 Å². The molecule has 0 radical (unpaired) electrons. The van der Waals surface area contributed by atoms with Crippen LogP contribution in [0.4, 0.5) is 0 Å². The van der Waals surface area contributed by atoms with Gasteiger partial charge in [0.05, 0.1) is 27.3 Å². The maximum Gasteiger partial charge on any atom is 0.161 e. The van der Waals surface area contributed by atoms with Gasteiger partial charge < -0.3 is 14.4 Å². The molecule has 2 atom stereocenters. The third kappa shape index (κ3) is 3.34. The van der Waals surface area contributed by atoms with E-state index in [1.807, 2.05) is 0 Å².